The second-order valence-electron chi connectivity index (χ2n) is 14.5. The van der Waals surface area contributed by atoms with Crippen molar-refractivity contribution in [1.82, 2.24) is 0 Å². The minimum Gasteiger partial charge on any atom is -0.507 e. The lowest BCUT2D eigenvalue weighted by molar-refractivity contribution is 0.0692. The van der Waals surface area contributed by atoms with Crippen molar-refractivity contribution in [3.63, 3.8) is 0 Å². The first-order valence-corrected chi connectivity index (χ1v) is 18.2. The van der Waals surface area contributed by atoms with E-state index in [2.05, 4.69) is 40.0 Å². The van der Waals surface area contributed by atoms with Gasteiger partial charge in [-0.1, -0.05) is 87.1 Å². The molecule has 0 fully saturated rings. The number of aromatic carboxylic acids is 1. The molecule has 6 heteroatoms. The summed E-state index contributed by atoms with van der Waals surface area (Å²) in [6.07, 6.45) is 15.8. The second kappa shape index (κ2) is 18.2. The molecule has 0 radical (unpaired) electrons. The van der Waals surface area contributed by atoms with Gasteiger partial charge in [0, 0.05) is 23.0 Å². The Kier molecular flexibility index (Phi) is 14.7. The Hall–Kier alpha value is -3.93. The highest BCUT2D eigenvalue weighted by atomic mass is 16.4. The van der Waals surface area contributed by atoms with Crippen LogP contribution >= 0.6 is 0 Å². The van der Waals surface area contributed by atoms with E-state index in [9.17, 15) is 30.3 Å². The van der Waals surface area contributed by atoms with Crippen molar-refractivity contribution >= 4 is 5.97 Å². The number of allylic oxidation sites excluding steroid dienone is 6. The highest BCUT2D eigenvalue weighted by Crippen LogP contribution is 2.49. The van der Waals surface area contributed by atoms with E-state index in [4.69, 9.17) is 0 Å². The van der Waals surface area contributed by atoms with Crippen LogP contribution in [0.3, 0.4) is 0 Å². The summed E-state index contributed by atoms with van der Waals surface area (Å²) in [4.78, 5) is 11.8. The number of hydrogen-bond donors (Lipinski definition) is 5. The Bertz CT molecular complexity index is 1540. The lowest BCUT2D eigenvalue weighted by Gasteiger charge is -2.32. The van der Waals surface area contributed by atoms with Gasteiger partial charge in [-0.05, 0) is 120 Å². The van der Waals surface area contributed by atoms with Crippen molar-refractivity contribution in [3.05, 3.63) is 93.6 Å². The molecule has 2 aromatic carbocycles. The van der Waals surface area contributed by atoms with Gasteiger partial charge in [0.2, 0.25) is 0 Å². The van der Waals surface area contributed by atoms with Crippen LogP contribution in [-0.4, -0.2) is 31.5 Å². The van der Waals surface area contributed by atoms with Crippen LogP contribution < -0.4 is 0 Å². The Labute approximate surface area is 294 Å². The zero-order valence-corrected chi connectivity index (χ0v) is 30.7. The number of benzene rings is 2. The maximum absolute atomic E-state index is 11.8. The molecule has 2 aliphatic rings. The molecule has 2 aliphatic carbocycles. The first kappa shape index (κ1) is 39.5. The molecule has 268 valence electrons. The zero-order chi connectivity index (χ0) is 36.4. The van der Waals surface area contributed by atoms with E-state index >= 15 is 0 Å². The van der Waals surface area contributed by atoms with Crippen LogP contribution in [0.25, 0.3) is 0 Å². The minimum atomic E-state index is -1.15. The normalized spacial score (nSPS) is 20.4. The monoisotopic (exact) mass is 672 g/mol. The fourth-order valence-electron chi connectivity index (χ4n) is 7.61. The molecule has 0 spiro atoms. The molecule has 0 saturated heterocycles. The van der Waals surface area contributed by atoms with E-state index in [0.29, 0.717) is 23.1 Å². The summed E-state index contributed by atoms with van der Waals surface area (Å²) in [6.45, 7) is 20.5. The van der Waals surface area contributed by atoms with E-state index in [1.807, 2.05) is 39.0 Å². The SMILES string of the molecule is C=C(C)[C@@H]1CCC(C)=C[C@H]1c1c(O)cc(CCCCC)c(C(=O)O)c1O.C=C(C)[C@@H]1CCC(C)=C[C@H]1c1c(O)cc(CCCCC)cc1O. The predicted molar refractivity (Wildman–Crippen MR) is 201 cm³/mol. The molecule has 0 saturated carbocycles. The molecular weight excluding hydrogens is 612 g/mol. The van der Waals surface area contributed by atoms with Crippen LogP contribution in [0.2, 0.25) is 0 Å². The minimum absolute atomic E-state index is 0.0194. The van der Waals surface area contributed by atoms with Gasteiger partial charge in [-0.15, -0.1) is 0 Å². The van der Waals surface area contributed by atoms with Crippen molar-refractivity contribution in [3.8, 4) is 23.0 Å². The predicted octanol–water partition coefficient (Wildman–Crippen LogP) is 11.4. The van der Waals surface area contributed by atoms with Crippen LogP contribution in [0.5, 0.6) is 23.0 Å². The molecule has 0 heterocycles. The summed E-state index contributed by atoms with van der Waals surface area (Å²) in [6, 6.07) is 5.19. The molecule has 0 unspecified atom stereocenters. The summed E-state index contributed by atoms with van der Waals surface area (Å²) in [5, 5.41) is 52.2. The Morgan fingerprint density at radius 3 is 1.61 bits per heavy atom. The van der Waals surface area contributed by atoms with Crippen LogP contribution in [0, 0.1) is 11.8 Å². The number of unbranched alkanes of at least 4 members (excludes halogenated alkanes) is 4. The molecule has 5 N–H and O–H groups in total. The van der Waals surface area contributed by atoms with Crippen LogP contribution in [0.4, 0.5) is 0 Å². The van der Waals surface area contributed by atoms with Gasteiger partial charge in [-0.3, -0.25) is 0 Å². The molecule has 6 nitrogen and oxygen atoms in total. The Morgan fingerprint density at radius 1 is 0.714 bits per heavy atom. The number of carboxylic acid groups (broad SMARTS) is 1. The molecule has 0 amide bonds. The molecule has 0 bridgehead atoms. The zero-order valence-electron chi connectivity index (χ0n) is 30.7. The summed E-state index contributed by atoms with van der Waals surface area (Å²) in [5.41, 5.74) is 6.99. The fourth-order valence-corrected chi connectivity index (χ4v) is 7.61. The molecule has 0 aromatic heterocycles. The number of hydrogen-bond acceptors (Lipinski definition) is 5. The van der Waals surface area contributed by atoms with E-state index in [0.717, 1.165) is 74.5 Å². The Morgan fingerprint density at radius 2 is 1.16 bits per heavy atom. The van der Waals surface area contributed by atoms with Gasteiger partial charge >= 0.3 is 5.97 Å². The third kappa shape index (κ3) is 10.1. The number of carboxylic acids is 1. The topological polar surface area (TPSA) is 118 Å². The number of phenolic OH excluding ortho intramolecular Hbond substituents is 3. The van der Waals surface area contributed by atoms with Crippen LogP contribution in [-0.2, 0) is 12.8 Å². The molecule has 2 aromatic rings. The number of phenols is 4. The summed E-state index contributed by atoms with van der Waals surface area (Å²) >= 11 is 0. The van der Waals surface area contributed by atoms with Gasteiger partial charge < -0.3 is 25.5 Å². The molecular formula is C43H60O6. The quantitative estimate of drug-likeness (QED) is 0.107. The van der Waals surface area contributed by atoms with Crippen LogP contribution in [0.15, 0.2) is 65.8 Å². The largest absolute Gasteiger partial charge is 0.507 e. The maximum Gasteiger partial charge on any atom is 0.339 e. The van der Waals surface area contributed by atoms with Crippen molar-refractivity contribution in [2.24, 2.45) is 11.8 Å². The summed E-state index contributed by atoms with van der Waals surface area (Å²) < 4.78 is 0. The standard InChI is InChI=1S/C22H30O4.C21H30O2/c1-5-6-7-8-15-12-18(23)20(21(24)19(15)22(25)26)17-11-14(4)9-10-16(17)13(2)3;1-5-6-7-8-16-12-19(22)21(20(23)13-16)18-11-15(4)9-10-17(18)14(2)3/h11-12,16-17,23-24H,2,5-10H2,1,3-4H3,(H,25,26);11-13,17-18,22-23H,2,5-10H2,1,3-4H3/t16-,17+;17-,18+/m00/s1. The smallest absolute Gasteiger partial charge is 0.339 e. The number of aryl methyl sites for hydroxylation is 2. The average Bonchev–Trinajstić information content (AvgIpc) is 3.01. The van der Waals surface area contributed by atoms with Crippen LogP contribution in [0.1, 0.15) is 150 Å². The third-order valence-electron chi connectivity index (χ3n) is 10.4. The number of carbonyl (C=O) groups is 1. The fraction of sp³-hybridized carbons (Fsp3) is 0.512. The van der Waals surface area contributed by atoms with E-state index < -0.39 is 5.97 Å². The van der Waals surface area contributed by atoms with Gasteiger partial charge in [0.1, 0.15) is 28.6 Å². The van der Waals surface area contributed by atoms with Crippen molar-refractivity contribution in [1.29, 1.82) is 0 Å². The van der Waals surface area contributed by atoms with E-state index in [-0.39, 0.29) is 52.2 Å². The molecule has 4 atom stereocenters. The van der Waals surface area contributed by atoms with E-state index in [1.54, 1.807) is 0 Å². The lowest BCUT2D eigenvalue weighted by atomic mass is 9.73. The van der Waals surface area contributed by atoms with Crippen molar-refractivity contribution in [2.75, 3.05) is 0 Å². The maximum atomic E-state index is 11.8. The van der Waals surface area contributed by atoms with Gasteiger partial charge in [0.15, 0.2) is 0 Å². The molecule has 49 heavy (non-hydrogen) atoms. The van der Waals surface area contributed by atoms with E-state index in [1.165, 1.54) is 30.1 Å². The van der Waals surface area contributed by atoms with Crippen molar-refractivity contribution in [2.45, 2.75) is 130 Å². The first-order chi connectivity index (χ1) is 23.2. The third-order valence-corrected chi connectivity index (χ3v) is 10.4. The molecule has 4 rings (SSSR count). The summed E-state index contributed by atoms with van der Waals surface area (Å²) in [5.74, 6) is -0.928. The van der Waals surface area contributed by atoms with Gasteiger partial charge in [0.25, 0.3) is 0 Å². The van der Waals surface area contributed by atoms with Gasteiger partial charge in [-0.2, -0.15) is 0 Å². The number of aromatic hydroxyl groups is 4. The van der Waals surface area contributed by atoms with Crippen molar-refractivity contribution < 1.29 is 30.3 Å². The molecule has 0 aliphatic heterocycles. The van der Waals surface area contributed by atoms with Gasteiger partial charge in [-0.25, -0.2) is 4.79 Å². The second-order valence-corrected chi connectivity index (χ2v) is 14.5. The average molecular weight is 673 g/mol. The summed E-state index contributed by atoms with van der Waals surface area (Å²) in [7, 11) is 0. The first-order valence-electron chi connectivity index (χ1n) is 18.2. The van der Waals surface area contributed by atoms with Gasteiger partial charge in [0.05, 0.1) is 0 Å². The Balaban J connectivity index is 0.000000267. The highest BCUT2D eigenvalue weighted by Gasteiger charge is 2.33. The highest BCUT2D eigenvalue weighted by molar-refractivity contribution is 5.94. The lowest BCUT2D eigenvalue weighted by Crippen LogP contribution is -2.18. The number of rotatable bonds is 13.